The molecule has 0 aliphatic carbocycles. The number of hydrogen-bond acceptors (Lipinski definition) is 6. The maximum Gasteiger partial charge on any atom is 0.470 e. The SMILES string of the molecule is NCc1cccc(Cc2nc3nc([N+](=O)[O-])ncc3[nH]2)c1. The Morgan fingerprint density at radius 1 is 1.29 bits per heavy atom. The Kier molecular flexibility index (Phi) is 3.28. The molecule has 0 saturated carbocycles. The summed E-state index contributed by atoms with van der Waals surface area (Å²) in [5.41, 5.74) is 8.58. The van der Waals surface area contributed by atoms with E-state index in [-0.39, 0.29) is 0 Å². The molecule has 0 saturated heterocycles. The molecule has 0 amide bonds. The Bertz CT molecular complexity index is 813. The lowest BCUT2D eigenvalue weighted by molar-refractivity contribution is -0.394. The van der Waals surface area contributed by atoms with Crippen LogP contribution in [0.4, 0.5) is 5.95 Å². The van der Waals surface area contributed by atoms with Crippen LogP contribution in [0, 0.1) is 10.1 Å². The molecule has 0 fully saturated rings. The number of benzene rings is 1. The van der Waals surface area contributed by atoms with Gasteiger partial charge < -0.3 is 20.8 Å². The molecule has 0 unspecified atom stereocenters. The maximum atomic E-state index is 10.6. The number of nitrogens with two attached hydrogens (primary N) is 1. The van der Waals surface area contributed by atoms with E-state index in [1.54, 1.807) is 0 Å². The summed E-state index contributed by atoms with van der Waals surface area (Å²) < 4.78 is 0. The number of H-pyrrole nitrogens is 1. The van der Waals surface area contributed by atoms with Crippen molar-refractivity contribution in [2.45, 2.75) is 13.0 Å². The summed E-state index contributed by atoms with van der Waals surface area (Å²) in [4.78, 5) is 24.8. The summed E-state index contributed by atoms with van der Waals surface area (Å²) in [6.07, 6.45) is 1.94. The van der Waals surface area contributed by atoms with Crippen LogP contribution in [0.2, 0.25) is 0 Å². The molecule has 3 N–H and O–H groups in total. The quantitative estimate of drug-likeness (QED) is 0.550. The molecule has 2 heterocycles. The average molecular weight is 284 g/mol. The monoisotopic (exact) mass is 284 g/mol. The van der Waals surface area contributed by atoms with Crippen LogP contribution in [0.5, 0.6) is 0 Å². The molecule has 0 aliphatic heterocycles. The zero-order chi connectivity index (χ0) is 14.8. The summed E-state index contributed by atoms with van der Waals surface area (Å²) in [5, 5.41) is 10.6. The van der Waals surface area contributed by atoms with Crippen LogP contribution < -0.4 is 5.73 Å². The molecule has 21 heavy (non-hydrogen) atoms. The van der Waals surface area contributed by atoms with Crippen molar-refractivity contribution in [2.24, 2.45) is 5.73 Å². The van der Waals surface area contributed by atoms with Crippen molar-refractivity contribution in [3.63, 3.8) is 0 Å². The van der Waals surface area contributed by atoms with Gasteiger partial charge >= 0.3 is 5.95 Å². The summed E-state index contributed by atoms with van der Waals surface area (Å²) in [6, 6.07) is 7.86. The molecule has 0 aliphatic rings. The fraction of sp³-hybridized carbons (Fsp3) is 0.154. The molecule has 0 spiro atoms. The molecule has 3 aromatic rings. The van der Waals surface area contributed by atoms with Gasteiger partial charge in [0.05, 0.1) is 0 Å². The van der Waals surface area contributed by atoms with Crippen LogP contribution in [0.3, 0.4) is 0 Å². The Hall–Kier alpha value is -2.87. The third-order valence-electron chi connectivity index (χ3n) is 3.04. The number of aromatic amines is 1. The Labute approximate surface area is 119 Å². The topological polar surface area (TPSA) is 124 Å². The lowest BCUT2D eigenvalue weighted by Gasteiger charge is -2.01. The average Bonchev–Trinajstić information content (AvgIpc) is 2.88. The molecule has 106 valence electrons. The van der Waals surface area contributed by atoms with Crippen molar-refractivity contribution < 1.29 is 4.92 Å². The van der Waals surface area contributed by atoms with Crippen LogP contribution in [0.1, 0.15) is 17.0 Å². The van der Waals surface area contributed by atoms with Crippen LogP contribution >= 0.6 is 0 Å². The molecule has 8 heteroatoms. The fourth-order valence-electron chi connectivity index (χ4n) is 2.08. The third-order valence-corrected chi connectivity index (χ3v) is 3.04. The van der Waals surface area contributed by atoms with E-state index >= 15 is 0 Å². The molecule has 1 aromatic carbocycles. The normalized spacial score (nSPS) is 10.9. The van der Waals surface area contributed by atoms with Crippen molar-refractivity contribution >= 4 is 17.1 Å². The van der Waals surface area contributed by atoms with Crippen molar-refractivity contribution in [2.75, 3.05) is 0 Å². The first kappa shape index (κ1) is 13.1. The van der Waals surface area contributed by atoms with Gasteiger partial charge in [-0.05, 0) is 21.0 Å². The molecule has 0 bridgehead atoms. The van der Waals surface area contributed by atoms with Gasteiger partial charge in [-0.2, -0.15) is 4.98 Å². The molecular formula is C13H12N6O2. The standard InChI is InChI=1S/C13H12N6O2/c14-6-9-3-1-2-8(4-9)5-11-16-10-7-15-13(19(20)21)18-12(10)17-11/h1-4,7H,5-6,14H2,(H,15,16,17,18). The van der Waals surface area contributed by atoms with Gasteiger partial charge in [0.15, 0.2) is 0 Å². The molecule has 2 aromatic heterocycles. The van der Waals surface area contributed by atoms with E-state index in [0.717, 1.165) is 11.1 Å². The van der Waals surface area contributed by atoms with Gasteiger partial charge in [-0.25, -0.2) is 0 Å². The number of imidazole rings is 1. The largest absolute Gasteiger partial charge is 0.470 e. The first-order valence-electron chi connectivity index (χ1n) is 6.29. The first-order chi connectivity index (χ1) is 10.2. The molecule has 8 nitrogen and oxygen atoms in total. The van der Waals surface area contributed by atoms with E-state index in [0.29, 0.717) is 30.0 Å². The summed E-state index contributed by atoms with van der Waals surface area (Å²) in [5.74, 6) is 0.222. The Morgan fingerprint density at radius 3 is 2.86 bits per heavy atom. The number of hydrogen-bond donors (Lipinski definition) is 2. The lowest BCUT2D eigenvalue weighted by Crippen LogP contribution is -1.98. The van der Waals surface area contributed by atoms with Gasteiger partial charge in [-0.15, -0.1) is 0 Å². The summed E-state index contributed by atoms with van der Waals surface area (Å²) >= 11 is 0. The van der Waals surface area contributed by atoms with Gasteiger partial charge in [0.2, 0.25) is 0 Å². The van der Waals surface area contributed by atoms with Crippen molar-refractivity contribution in [1.29, 1.82) is 0 Å². The number of fused-ring (bicyclic) bond motifs is 1. The minimum absolute atomic E-state index is 0.293. The highest BCUT2D eigenvalue weighted by Crippen LogP contribution is 2.14. The lowest BCUT2D eigenvalue weighted by atomic mass is 10.1. The van der Waals surface area contributed by atoms with Crippen molar-refractivity contribution in [3.05, 3.63) is 57.5 Å². The van der Waals surface area contributed by atoms with Crippen molar-refractivity contribution in [1.82, 2.24) is 19.9 Å². The van der Waals surface area contributed by atoms with E-state index in [4.69, 9.17) is 5.73 Å². The molecular weight excluding hydrogens is 272 g/mol. The minimum Gasteiger partial charge on any atom is -0.390 e. The highest BCUT2D eigenvalue weighted by Gasteiger charge is 2.15. The minimum atomic E-state index is -0.640. The molecule has 0 radical (unpaired) electrons. The molecule has 0 atom stereocenters. The van der Waals surface area contributed by atoms with Gasteiger partial charge in [0.1, 0.15) is 17.5 Å². The van der Waals surface area contributed by atoms with Gasteiger partial charge in [-0.1, -0.05) is 29.2 Å². The van der Waals surface area contributed by atoms with E-state index in [2.05, 4.69) is 19.9 Å². The number of rotatable bonds is 4. The zero-order valence-electron chi connectivity index (χ0n) is 11.0. The van der Waals surface area contributed by atoms with E-state index < -0.39 is 10.9 Å². The highest BCUT2D eigenvalue weighted by atomic mass is 16.6. The summed E-state index contributed by atoms with van der Waals surface area (Å²) in [6.45, 7) is 0.478. The maximum absolute atomic E-state index is 10.6. The predicted molar refractivity (Wildman–Crippen MR) is 75.5 cm³/mol. The Morgan fingerprint density at radius 2 is 2.10 bits per heavy atom. The number of nitrogens with zero attached hydrogens (tertiary/aromatic N) is 4. The van der Waals surface area contributed by atoms with Gasteiger partial charge in [0, 0.05) is 13.0 Å². The fourth-order valence-corrected chi connectivity index (χ4v) is 2.08. The number of nitrogens with one attached hydrogen (secondary N) is 1. The second kappa shape index (κ2) is 5.25. The van der Waals surface area contributed by atoms with Crippen molar-refractivity contribution in [3.8, 4) is 0 Å². The van der Waals surface area contributed by atoms with Gasteiger partial charge in [-0.3, -0.25) is 0 Å². The van der Waals surface area contributed by atoms with Crippen LogP contribution in [-0.2, 0) is 13.0 Å². The Balaban J connectivity index is 1.92. The first-order valence-corrected chi connectivity index (χ1v) is 6.29. The van der Waals surface area contributed by atoms with Crippen LogP contribution in [0.15, 0.2) is 30.5 Å². The van der Waals surface area contributed by atoms with Crippen LogP contribution in [-0.4, -0.2) is 24.9 Å². The smallest absolute Gasteiger partial charge is 0.390 e. The van der Waals surface area contributed by atoms with E-state index in [1.807, 2.05) is 24.3 Å². The zero-order valence-corrected chi connectivity index (χ0v) is 11.0. The second-order valence-corrected chi connectivity index (χ2v) is 4.55. The highest BCUT2D eigenvalue weighted by molar-refractivity contribution is 5.70. The number of nitro groups is 1. The summed E-state index contributed by atoms with van der Waals surface area (Å²) in [7, 11) is 0. The number of aromatic nitrogens is 4. The van der Waals surface area contributed by atoms with E-state index in [9.17, 15) is 10.1 Å². The second-order valence-electron chi connectivity index (χ2n) is 4.55. The van der Waals surface area contributed by atoms with E-state index in [1.165, 1.54) is 6.20 Å². The predicted octanol–water partition coefficient (Wildman–Crippen LogP) is 1.31. The molecule has 3 rings (SSSR count). The third kappa shape index (κ3) is 2.70. The van der Waals surface area contributed by atoms with Gasteiger partial charge in [0.25, 0.3) is 5.65 Å². The van der Waals surface area contributed by atoms with Crippen LogP contribution in [0.25, 0.3) is 11.2 Å².